The number of nitrogens with zero attached hydrogens (tertiary/aromatic N) is 1. The third kappa shape index (κ3) is 7.34. The van der Waals surface area contributed by atoms with Gasteiger partial charge in [0.05, 0.1) is 6.20 Å². The monoisotopic (exact) mass is 305 g/mol. The zero-order valence-corrected chi connectivity index (χ0v) is 12.1. The van der Waals surface area contributed by atoms with Gasteiger partial charge in [-0.1, -0.05) is 59.8 Å². The maximum Gasteiger partial charge on any atom is 0.255 e. The minimum atomic E-state index is 0.803. The van der Waals surface area contributed by atoms with Crippen molar-refractivity contribution in [1.82, 2.24) is 4.98 Å². The summed E-state index contributed by atoms with van der Waals surface area (Å²) in [5, 5.41) is 1.96. The van der Waals surface area contributed by atoms with Crippen LogP contribution in [0.4, 0.5) is 0 Å². The largest absolute Gasteiger partial charge is 0.440 e. The van der Waals surface area contributed by atoms with Crippen LogP contribution in [0, 0.1) is 0 Å². The summed E-state index contributed by atoms with van der Waals surface area (Å²) in [5.41, 5.74) is 0. The standard InChI is InChI=1S/C12H20BrNOS/c13-8-6-4-2-1-3-5-7-11-16-12-14-9-10-15-12/h9-10H,1-8,11H2. The van der Waals surface area contributed by atoms with Gasteiger partial charge in [0, 0.05) is 11.1 Å². The van der Waals surface area contributed by atoms with Gasteiger partial charge in [0.2, 0.25) is 0 Å². The molecule has 0 aliphatic rings. The summed E-state index contributed by atoms with van der Waals surface area (Å²) in [6.45, 7) is 0. The zero-order valence-electron chi connectivity index (χ0n) is 9.66. The van der Waals surface area contributed by atoms with Crippen LogP contribution in [0.15, 0.2) is 22.1 Å². The van der Waals surface area contributed by atoms with E-state index in [0.29, 0.717) is 0 Å². The summed E-state index contributed by atoms with van der Waals surface area (Å²) >= 11 is 5.17. The Morgan fingerprint density at radius 1 is 1.06 bits per heavy atom. The van der Waals surface area contributed by atoms with Crippen LogP contribution in [0.2, 0.25) is 0 Å². The first-order valence-electron chi connectivity index (χ1n) is 6.02. The summed E-state index contributed by atoms with van der Waals surface area (Å²) < 4.78 is 5.15. The second-order valence-corrected chi connectivity index (χ2v) is 5.65. The van der Waals surface area contributed by atoms with E-state index in [2.05, 4.69) is 20.9 Å². The van der Waals surface area contributed by atoms with Crippen molar-refractivity contribution in [2.24, 2.45) is 0 Å². The van der Waals surface area contributed by atoms with E-state index < -0.39 is 0 Å². The van der Waals surface area contributed by atoms with E-state index >= 15 is 0 Å². The fourth-order valence-corrected chi connectivity index (χ4v) is 2.70. The average molecular weight is 306 g/mol. The van der Waals surface area contributed by atoms with E-state index in [1.54, 1.807) is 24.2 Å². The van der Waals surface area contributed by atoms with Gasteiger partial charge in [-0.2, -0.15) is 0 Å². The third-order valence-electron chi connectivity index (χ3n) is 2.41. The van der Waals surface area contributed by atoms with Crippen LogP contribution in [0.25, 0.3) is 0 Å². The highest BCUT2D eigenvalue weighted by molar-refractivity contribution is 9.09. The van der Waals surface area contributed by atoms with Crippen molar-refractivity contribution in [2.45, 2.75) is 50.2 Å². The smallest absolute Gasteiger partial charge is 0.255 e. The van der Waals surface area contributed by atoms with Crippen molar-refractivity contribution >= 4 is 27.7 Å². The molecule has 2 nitrogen and oxygen atoms in total. The Balaban J connectivity index is 1.78. The summed E-state index contributed by atoms with van der Waals surface area (Å²) in [6.07, 6.45) is 12.8. The van der Waals surface area contributed by atoms with Crippen LogP contribution in [0.5, 0.6) is 0 Å². The van der Waals surface area contributed by atoms with Crippen LogP contribution in [-0.4, -0.2) is 16.1 Å². The molecular weight excluding hydrogens is 286 g/mol. The first kappa shape index (κ1) is 14.1. The van der Waals surface area contributed by atoms with Gasteiger partial charge in [0.15, 0.2) is 0 Å². The molecule has 1 aromatic heterocycles. The number of oxazole rings is 1. The number of alkyl halides is 1. The Morgan fingerprint density at radius 2 is 1.75 bits per heavy atom. The van der Waals surface area contributed by atoms with Crippen molar-refractivity contribution in [3.63, 3.8) is 0 Å². The normalized spacial score (nSPS) is 10.8. The molecule has 1 rings (SSSR count). The predicted molar refractivity (Wildman–Crippen MR) is 73.3 cm³/mol. The van der Waals surface area contributed by atoms with Crippen LogP contribution < -0.4 is 0 Å². The molecule has 0 amide bonds. The van der Waals surface area contributed by atoms with E-state index in [1.165, 1.54) is 44.9 Å². The van der Waals surface area contributed by atoms with Crippen molar-refractivity contribution in [3.05, 3.63) is 12.5 Å². The lowest BCUT2D eigenvalue weighted by molar-refractivity contribution is 0.454. The minimum absolute atomic E-state index is 0.803. The summed E-state index contributed by atoms with van der Waals surface area (Å²) in [6, 6.07) is 0. The van der Waals surface area contributed by atoms with Crippen LogP contribution in [0.1, 0.15) is 44.9 Å². The average Bonchev–Trinajstić information content (AvgIpc) is 2.80. The number of aromatic nitrogens is 1. The molecule has 0 aliphatic carbocycles. The van der Waals surface area contributed by atoms with Gasteiger partial charge in [0.25, 0.3) is 5.22 Å². The number of unbranched alkanes of at least 4 members (excludes halogenated alkanes) is 6. The molecule has 0 radical (unpaired) electrons. The Bertz CT molecular complexity index is 241. The van der Waals surface area contributed by atoms with Crippen LogP contribution in [-0.2, 0) is 0 Å². The van der Waals surface area contributed by atoms with Crippen molar-refractivity contribution in [2.75, 3.05) is 11.1 Å². The number of hydrogen-bond acceptors (Lipinski definition) is 3. The van der Waals surface area contributed by atoms with Gasteiger partial charge in [0.1, 0.15) is 6.26 Å². The van der Waals surface area contributed by atoms with Gasteiger partial charge >= 0.3 is 0 Å². The molecule has 0 saturated carbocycles. The Labute approximate surface area is 111 Å². The molecule has 1 heterocycles. The van der Waals surface area contributed by atoms with E-state index in [1.807, 2.05) is 0 Å². The molecule has 92 valence electrons. The molecule has 0 spiro atoms. The van der Waals surface area contributed by atoms with Gasteiger partial charge in [-0.25, -0.2) is 4.98 Å². The highest BCUT2D eigenvalue weighted by Gasteiger charge is 1.97. The third-order valence-corrected chi connectivity index (χ3v) is 3.92. The highest BCUT2D eigenvalue weighted by Crippen LogP contribution is 2.17. The molecule has 0 N–H and O–H groups in total. The lowest BCUT2D eigenvalue weighted by atomic mass is 10.1. The van der Waals surface area contributed by atoms with Crippen LogP contribution >= 0.6 is 27.7 Å². The number of rotatable bonds is 10. The molecule has 0 aliphatic heterocycles. The van der Waals surface area contributed by atoms with E-state index in [4.69, 9.17) is 4.42 Å². The number of halogens is 1. The SMILES string of the molecule is BrCCCCCCCCCSc1ncco1. The minimum Gasteiger partial charge on any atom is -0.440 e. The molecule has 0 aromatic carbocycles. The summed E-state index contributed by atoms with van der Waals surface area (Å²) in [5.74, 6) is 1.13. The Morgan fingerprint density at radius 3 is 2.38 bits per heavy atom. The fraction of sp³-hybridized carbons (Fsp3) is 0.750. The molecule has 0 saturated heterocycles. The first-order valence-corrected chi connectivity index (χ1v) is 8.12. The second kappa shape index (κ2) is 10.2. The van der Waals surface area contributed by atoms with Gasteiger partial charge in [-0.15, -0.1) is 0 Å². The first-order chi connectivity index (χ1) is 7.93. The van der Waals surface area contributed by atoms with Gasteiger partial charge < -0.3 is 4.42 Å². The van der Waals surface area contributed by atoms with E-state index in [0.717, 1.165) is 16.3 Å². The predicted octanol–water partition coefficient (Wildman–Crippen LogP) is 4.89. The van der Waals surface area contributed by atoms with Gasteiger partial charge in [-0.05, 0) is 12.8 Å². The molecule has 0 bridgehead atoms. The number of thioether (sulfide) groups is 1. The molecular formula is C12H20BrNOS. The zero-order chi connectivity index (χ0) is 11.5. The lowest BCUT2D eigenvalue weighted by Gasteiger charge is -2.00. The lowest BCUT2D eigenvalue weighted by Crippen LogP contribution is -1.83. The summed E-state index contributed by atoms with van der Waals surface area (Å²) in [4.78, 5) is 4.08. The maximum atomic E-state index is 5.15. The Kier molecular flexibility index (Phi) is 9.00. The second-order valence-electron chi connectivity index (χ2n) is 3.81. The highest BCUT2D eigenvalue weighted by atomic mass is 79.9. The van der Waals surface area contributed by atoms with E-state index in [9.17, 15) is 0 Å². The Hall–Kier alpha value is 0.0400. The topological polar surface area (TPSA) is 26.0 Å². The number of hydrogen-bond donors (Lipinski definition) is 0. The maximum absolute atomic E-state index is 5.15. The summed E-state index contributed by atoms with van der Waals surface area (Å²) in [7, 11) is 0. The van der Waals surface area contributed by atoms with Gasteiger partial charge in [-0.3, -0.25) is 0 Å². The molecule has 4 heteroatoms. The van der Waals surface area contributed by atoms with E-state index in [-0.39, 0.29) is 0 Å². The molecule has 16 heavy (non-hydrogen) atoms. The van der Waals surface area contributed by atoms with Crippen LogP contribution in [0.3, 0.4) is 0 Å². The molecule has 0 unspecified atom stereocenters. The van der Waals surface area contributed by atoms with Crippen molar-refractivity contribution in [1.29, 1.82) is 0 Å². The fourth-order valence-electron chi connectivity index (χ4n) is 1.52. The molecule has 1 aromatic rings. The quantitative estimate of drug-likeness (QED) is 0.349. The van der Waals surface area contributed by atoms with Crippen molar-refractivity contribution in [3.8, 4) is 0 Å². The van der Waals surface area contributed by atoms with Crippen molar-refractivity contribution < 1.29 is 4.42 Å². The molecule has 0 fully saturated rings. The molecule has 0 atom stereocenters.